The topological polar surface area (TPSA) is 46.2 Å². The van der Waals surface area contributed by atoms with Crippen molar-refractivity contribution < 1.29 is 5.11 Å². The molecule has 0 amide bonds. The van der Waals surface area contributed by atoms with E-state index < -0.39 is 0 Å². The van der Waals surface area contributed by atoms with Crippen molar-refractivity contribution in [3.05, 3.63) is 0 Å². The van der Waals surface area contributed by atoms with Crippen molar-refractivity contribution in [3.8, 4) is 0 Å². The van der Waals surface area contributed by atoms with Crippen molar-refractivity contribution >= 4 is 11.8 Å². The van der Waals surface area contributed by atoms with E-state index in [1.54, 1.807) is 0 Å². The van der Waals surface area contributed by atoms with Crippen molar-refractivity contribution in [2.75, 3.05) is 18.1 Å². The second-order valence-corrected chi connectivity index (χ2v) is 5.67. The minimum atomic E-state index is -0.140. The van der Waals surface area contributed by atoms with Crippen LogP contribution in [-0.4, -0.2) is 29.3 Å². The maximum absolute atomic E-state index is 9.91. The molecule has 0 aromatic carbocycles. The normalized spacial score (nSPS) is 32.4. The van der Waals surface area contributed by atoms with Gasteiger partial charge in [0.25, 0.3) is 0 Å². The van der Waals surface area contributed by atoms with Crippen LogP contribution in [0.15, 0.2) is 0 Å². The van der Waals surface area contributed by atoms with E-state index in [0.717, 1.165) is 25.7 Å². The van der Waals surface area contributed by atoms with E-state index in [9.17, 15) is 5.11 Å². The number of hydrogen-bond donors (Lipinski definition) is 2. The Morgan fingerprint density at radius 3 is 2.86 bits per heavy atom. The smallest absolute Gasteiger partial charge is 0.0608 e. The first-order valence-electron chi connectivity index (χ1n) is 5.71. The van der Waals surface area contributed by atoms with Crippen molar-refractivity contribution in [1.29, 1.82) is 0 Å². The van der Waals surface area contributed by atoms with Gasteiger partial charge in [0.1, 0.15) is 0 Å². The molecule has 14 heavy (non-hydrogen) atoms. The summed E-state index contributed by atoms with van der Waals surface area (Å²) in [6.45, 7) is 2.85. The molecule has 3 N–H and O–H groups in total. The molecule has 0 bridgehead atoms. The predicted octanol–water partition coefficient (Wildman–Crippen LogP) is 2.01. The molecule has 0 aromatic heterocycles. The lowest BCUT2D eigenvalue weighted by atomic mass is 9.80. The van der Waals surface area contributed by atoms with E-state index in [2.05, 4.69) is 6.92 Å². The third-order valence-electron chi connectivity index (χ3n) is 3.43. The monoisotopic (exact) mass is 217 g/mol. The van der Waals surface area contributed by atoms with E-state index in [0.29, 0.717) is 6.54 Å². The average molecular weight is 217 g/mol. The van der Waals surface area contributed by atoms with Crippen LogP contribution in [-0.2, 0) is 0 Å². The van der Waals surface area contributed by atoms with Crippen LogP contribution < -0.4 is 5.73 Å². The first-order chi connectivity index (χ1) is 6.75. The van der Waals surface area contributed by atoms with Gasteiger partial charge in [0, 0.05) is 12.0 Å². The van der Waals surface area contributed by atoms with Gasteiger partial charge in [0.05, 0.1) is 6.10 Å². The SMILES string of the molecule is CCSCCCC1(CN)CCCC1O. The Hall–Kier alpha value is 0.270. The molecule has 1 aliphatic rings. The standard InChI is InChI=1S/C11H23NOS/c1-2-14-8-4-7-11(9-12)6-3-5-10(11)13/h10,13H,2-9,12H2,1H3. The summed E-state index contributed by atoms with van der Waals surface area (Å²) in [5.41, 5.74) is 5.87. The first kappa shape index (κ1) is 12.3. The molecule has 3 heteroatoms. The minimum absolute atomic E-state index is 0.0638. The van der Waals surface area contributed by atoms with Crippen LogP contribution in [0.5, 0.6) is 0 Å². The summed E-state index contributed by atoms with van der Waals surface area (Å²) in [6, 6.07) is 0. The molecule has 0 heterocycles. The average Bonchev–Trinajstić information content (AvgIpc) is 2.56. The maximum Gasteiger partial charge on any atom is 0.0608 e. The highest BCUT2D eigenvalue weighted by atomic mass is 32.2. The highest BCUT2D eigenvalue weighted by Gasteiger charge is 2.39. The van der Waals surface area contributed by atoms with E-state index in [1.807, 2.05) is 11.8 Å². The fourth-order valence-electron chi connectivity index (χ4n) is 2.42. The third kappa shape index (κ3) is 2.88. The Bertz CT molecular complexity index is 165. The van der Waals surface area contributed by atoms with Crippen molar-refractivity contribution in [1.82, 2.24) is 0 Å². The van der Waals surface area contributed by atoms with Gasteiger partial charge < -0.3 is 10.8 Å². The van der Waals surface area contributed by atoms with Crippen LogP contribution in [0.3, 0.4) is 0 Å². The molecule has 2 atom stereocenters. The van der Waals surface area contributed by atoms with Crippen molar-refractivity contribution in [2.24, 2.45) is 11.1 Å². The predicted molar refractivity (Wildman–Crippen MR) is 63.6 cm³/mol. The Balaban J connectivity index is 2.30. The lowest BCUT2D eigenvalue weighted by Crippen LogP contribution is -2.37. The second-order valence-electron chi connectivity index (χ2n) is 4.27. The van der Waals surface area contributed by atoms with Gasteiger partial charge in [-0.05, 0) is 37.2 Å². The lowest BCUT2D eigenvalue weighted by Gasteiger charge is -2.31. The highest BCUT2D eigenvalue weighted by Crippen LogP contribution is 2.41. The molecule has 0 aromatic rings. The van der Waals surface area contributed by atoms with E-state index in [-0.39, 0.29) is 11.5 Å². The molecule has 1 fully saturated rings. The molecule has 2 nitrogen and oxygen atoms in total. The molecule has 84 valence electrons. The molecule has 2 unspecified atom stereocenters. The summed E-state index contributed by atoms with van der Waals surface area (Å²) in [4.78, 5) is 0. The fourth-order valence-corrected chi connectivity index (χ4v) is 3.06. The Morgan fingerprint density at radius 1 is 1.57 bits per heavy atom. The van der Waals surface area contributed by atoms with E-state index >= 15 is 0 Å². The van der Waals surface area contributed by atoms with Crippen molar-refractivity contribution in [2.45, 2.75) is 45.1 Å². The van der Waals surface area contributed by atoms with Gasteiger partial charge in [-0.15, -0.1) is 0 Å². The zero-order valence-corrected chi connectivity index (χ0v) is 9.98. The van der Waals surface area contributed by atoms with E-state index in [1.165, 1.54) is 17.9 Å². The number of aliphatic hydroxyl groups is 1. The fraction of sp³-hybridized carbons (Fsp3) is 1.00. The zero-order chi connectivity index (χ0) is 10.4. The van der Waals surface area contributed by atoms with Crippen LogP contribution in [0.2, 0.25) is 0 Å². The minimum Gasteiger partial charge on any atom is -0.393 e. The van der Waals surface area contributed by atoms with E-state index in [4.69, 9.17) is 5.73 Å². The van der Waals surface area contributed by atoms with Crippen LogP contribution in [0, 0.1) is 5.41 Å². The molecular formula is C11H23NOS. The number of thioether (sulfide) groups is 1. The Morgan fingerprint density at radius 2 is 2.36 bits per heavy atom. The Labute approximate surface area is 91.6 Å². The maximum atomic E-state index is 9.91. The van der Waals surface area contributed by atoms with Crippen LogP contribution in [0.4, 0.5) is 0 Å². The molecule has 0 spiro atoms. The highest BCUT2D eigenvalue weighted by molar-refractivity contribution is 7.99. The second kappa shape index (κ2) is 5.99. The van der Waals surface area contributed by atoms with Crippen LogP contribution in [0.1, 0.15) is 39.0 Å². The number of nitrogens with two attached hydrogens (primary N) is 1. The van der Waals surface area contributed by atoms with Crippen LogP contribution in [0.25, 0.3) is 0 Å². The summed E-state index contributed by atoms with van der Waals surface area (Å²) in [7, 11) is 0. The first-order valence-corrected chi connectivity index (χ1v) is 6.86. The van der Waals surface area contributed by atoms with Gasteiger partial charge in [0.15, 0.2) is 0 Å². The largest absolute Gasteiger partial charge is 0.393 e. The zero-order valence-electron chi connectivity index (χ0n) is 9.17. The van der Waals surface area contributed by atoms with Crippen molar-refractivity contribution in [3.63, 3.8) is 0 Å². The van der Waals surface area contributed by atoms with Gasteiger partial charge in [-0.25, -0.2) is 0 Å². The molecule has 1 saturated carbocycles. The lowest BCUT2D eigenvalue weighted by molar-refractivity contribution is 0.0517. The quantitative estimate of drug-likeness (QED) is 0.669. The number of aliphatic hydroxyl groups excluding tert-OH is 1. The molecule has 0 aliphatic heterocycles. The summed E-state index contributed by atoms with van der Waals surface area (Å²) in [6.07, 6.45) is 5.41. The summed E-state index contributed by atoms with van der Waals surface area (Å²) < 4.78 is 0. The molecule has 1 rings (SSSR count). The molecule has 1 aliphatic carbocycles. The number of rotatable bonds is 6. The van der Waals surface area contributed by atoms with Gasteiger partial charge in [-0.2, -0.15) is 11.8 Å². The van der Waals surface area contributed by atoms with Gasteiger partial charge >= 0.3 is 0 Å². The molecule has 0 radical (unpaired) electrons. The molecule has 0 saturated heterocycles. The van der Waals surface area contributed by atoms with Gasteiger partial charge in [0.2, 0.25) is 0 Å². The summed E-state index contributed by atoms with van der Waals surface area (Å²) in [5, 5.41) is 9.91. The van der Waals surface area contributed by atoms with Gasteiger partial charge in [-0.1, -0.05) is 13.3 Å². The summed E-state index contributed by atoms with van der Waals surface area (Å²) in [5.74, 6) is 2.41. The molecular weight excluding hydrogens is 194 g/mol. The summed E-state index contributed by atoms with van der Waals surface area (Å²) >= 11 is 1.98. The van der Waals surface area contributed by atoms with Crippen LogP contribution >= 0.6 is 11.8 Å². The number of hydrogen-bond acceptors (Lipinski definition) is 3. The third-order valence-corrected chi connectivity index (χ3v) is 4.42. The van der Waals surface area contributed by atoms with Gasteiger partial charge in [-0.3, -0.25) is 0 Å². The Kier molecular flexibility index (Phi) is 5.28.